The lowest BCUT2D eigenvalue weighted by Crippen LogP contribution is -2.47. The van der Waals surface area contributed by atoms with Gasteiger partial charge in [0.2, 0.25) is 0 Å². The van der Waals surface area contributed by atoms with Gasteiger partial charge in [0.05, 0.1) is 10.2 Å². The summed E-state index contributed by atoms with van der Waals surface area (Å²) in [6, 6.07) is 4.12. The standard InChI is InChI=1S/C14H18BrFN4O/c15-12-10(14(17)18-21)3-4-11(13(12)16)20-7-5-19(6-8-20)9-1-2-9/h3-4,9,21H,1-2,5-8H2,(H2,17,18). The first kappa shape index (κ1) is 14.6. The van der Waals surface area contributed by atoms with Crippen LogP contribution in [0.1, 0.15) is 18.4 Å². The molecular formula is C14H18BrFN4O. The largest absolute Gasteiger partial charge is 0.409 e. The predicted molar refractivity (Wildman–Crippen MR) is 83.4 cm³/mol. The minimum Gasteiger partial charge on any atom is -0.409 e. The Bertz CT molecular complexity index is 568. The van der Waals surface area contributed by atoms with Crippen LogP contribution in [-0.2, 0) is 0 Å². The molecule has 114 valence electrons. The fourth-order valence-corrected chi connectivity index (χ4v) is 3.34. The van der Waals surface area contributed by atoms with Gasteiger partial charge in [-0.3, -0.25) is 4.90 Å². The molecule has 7 heteroatoms. The number of oxime groups is 1. The van der Waals surface area contributed by atoms with Gasteiger partial charge in [0, 0.05) is 37.8 Å². The summed E-state index contributed by atoms with van der Waals surface area (Å²) in [7, 11) is 0. The molecule has 1 heterocycles. The van der Waals surface area contributed by atoms with Gasteiger partial charge in [-0.1, -0.05) is 5.16 Å². The second-order valence-corrected chi connectivity index (χ2v) is 6.29. The average Bonchev–Trinajstić information content (AvgIpc) is 3.34. The fraction of sp³-hybridized carbons (Fsp3) is 0.500. The monoisotopic (exact) mass is 356 g/mol. The van der Waals surface area contributed by atoms with Crippen LogP contribution in [0.2, 0.25) is 0 Å². The quantitative estimate of drug-likeness (QED) is 0.376. The van der Waals surface area contributed by atoms with Crippen LogP contribution >= 0.6 is 15.9 Å². The predicted octanol–water partition coefficient (Wildman–Crippen LogP) is 1.97. The van der Waals surface area contributed by atoms with Crippen molar-refractivity contribution in [2.24, 2.45) is 10.9 Å². The molecule has 3 N–H and O–H groups in total. The zero-order valence-electron chi connectivity index (χ0n) is 11.6. The van der Waals surface area contributed by atoms with Crippen molar-refractivity contribution < 1.29 is 9.60 Å². The Hall–Kier alpha value is -1.34. The Balaban J connectivity index is 1.78. The maximum atomic E-state index is 14.5. The number of anilines is 1. The second kappa shape index (κ2) is 5.81. The molecule has 0 bridgehead atoms. The number of amidine groups is 1. The highest BCUT2D eigenvalue weighted by Crippen LogP contribution is 2.32. The normalized spacial score (nSPS) is 20.9. The topological polar surface area (TPSA) is 65.1 Å². The van der Waals surface area contributed by atoms with Gasteiger partial charge in [-0.2, -0.15) is 0 Å². The third-order valence-corrected chi connectivity index (χ3v) is 4.94. The second-order valence-electron chi connectivity index (χ2n) is 5.50. The molecule has 1 aromatic rings. The number of rotatable bonds is 3. The fourth-order valence-electron chi connectivity index (χ4n) is 2.80. The summed E-state index contributed by atoms with van der Waals surface area (Å²) in [6.45, 7) is 3.60. The van der Waals surface area contributed by atoms with E-state index in [4.69, 9.17) is 10.9 Å². The van der Waals surface area contributed by atoms with Crippen molar-refractivity contribution >= 4 is 27.5 Å². The van der Waals surface area contributed by atoms with Gasteiger partial charge in [-0.15, -0.1) is 0 Å². The number of halogens is 2. The van der Waals surface area contributed by atoms with Crippen LogP contribution in [0.4, 0.5) is 10.1 Å². The summed E-state index contributed by atoms with van der Waals surface area (Å²) < 4.78 is 14.8. The molecule has 0 amide bonds. The van der Waals surface area contributed by atoms with Gasteiger partial charge in [-0.25, -0.2) is 4.39 Å². The molecule has 1 saturated carbocycles. The molecule has 2 aliphatic rings. The Morgan fingerprint density at radius 3 is 2.52 bits per heavy atom. The van der Waals surface area contributed by atoms with Crippen molar-refractivity contribution in [2.75, 3.05) is 31.1 Å². The molecule has 1 aliphatic carbocycles. The van der Waals surface area contributed by atoms with E-state index in [1.54, 1.807) is 12.1 Å². The minimum absolute atomic E-state index is 0.106. The van der Waals surface area contributed by atoms with Crippen molar-refractivity contribution in [3.63, 3.8) is 0 Å². The molecule has 0 spiro atoms. The van der Waals surface area contributed by atoms with Gasteiger partial charge in [0.15, 0.2) is 11.7 Å². The lowest BCUT2D eigenvalue weighted by atomic mass is 10.1. The molecule has 21 heavy (non-hydrogen) atoms. The van der Waals surface area contributed by atoms with Gasteiger partial charge >= 0.3 is 0 Å². The highest BCUT2D eigenvalue weighted by molar-refractivity contribution is 9.10. The summed E-state index contributed by atoms with van der Waals surface area (Å²) >= 11 is 3.20. The zero-order valence-corrected chi connectivity index (χ0v) is 13.2. The highest BCUT2D eigenvalue weighted by Gasteiger charge is 2.32. The van der Waals surface area contributed by atoms with Crippen LogP contribution in [0.3, 0.4) is 0 Å². The van der Waals surface area contributed by atoms with E-state index < -0.39 is 0 Å². The van der Waals surface area contributed by atoms with Crippen LogP contribution in [0.5, 0.6) is 0 Å². The van der Waals surface area contributed by atoms with Gasteiger partial charge in [-0.05, 0) is 40.9 Å². The van der Waals surface area contributed by atoms with E-state index >= 15 is 0 Å². The summed E-state index contributed by atoms with van der Waals surface area (Å²) in [5, 5.41) is 11.6. The lowest BCUT2D eigenvalue weighted by Gasteiger charge is -2.36. The molecule has 0 unspecified atom stereocenters. The van der Waals surface area contributed by atoms with Crippen LogP contribution in [-0.4, -0.2) is 48.2 Å². The summed E-state index contributed by atoms with van der Waals surface area (Å²) in [5.74, 6) is -0.468. The van der Waals surface area contributed by atoms with Crippen LogP contribution in [0.25, 0.3) is 0 Å². The number of hydrogen-bond donors (Lipinski definition) is 2. The number of benzene rings is 1. The molecule has 1 aromatic carbocycles. The SMILES string of the molecule is N/C(=N/O)c1ccc(N2CCN(C3CC3)CC2)c(F)c1Br. The van der Waals surface area contributed by atoms with E-state index in [0.29, 0.717) is 11.3 Å². The van der Waals surface area contributed by atoms with Gasteiger partial charge in [0.25, 0.3) is 0 Å². The Morgan fingerprint density at radius 1 is 1.29 bits per heavy atom. The average molecular weight is 357 g/mol. The molecule has 1 saturated heterocycles. The zero-order chi connectivity index (χ0) is 15.0. The summed E-state index contributed by atoms with van der Waals surface area (Å²) in [6.07, 6.45) is 2.60. The third kappa shape index (κ3) is 2.85. The molecular weight excluding hydrogens is 339 g/mol. The van der Waals surface area contributed by atoms with E-state index in [9.17, 15) is 4.39 Å². The maximum Gasteiger partial charge on any atom is 0.171 e. The number of nitrogens with zero attached hydrogens (tertiary/aromatic N) is 3. The number of hydrogen-bond acceptors (Lipinski definition) is 4. The summed E-state index contributed by atoms with van der Waals surface area (Å²) in [4.78, 5) is 4.53. The summed E-state index contributed by atoms with van der Waals surface area (Å²) in [5.41, 5.74) is 6.45. The maximum absolute atomic E-state index is 14.5. The Labute approximate surface area is 131 Å². The number of piperazine rings is 1. The van der Waals surface area contributed by atoms with Crippen molar-refractivity contribution in [2.45, 2.75) is 18.9 Å². The van der Waals surface area contributed by atoms with Crippen LogP contribution in [0.15, 0.2) is 21.8 Å². The first-order valence-corrected chi connectivity index (χ1v) is 7.86. The third-order valence-electron chi connectivity index (χ3n) is 4.16. The first-order chi connectivity index (χ1) is 10.1. The first-order valence-electron chi connectivity index (χ1n) is 7.06. The number of nitrogens with two attached hydrogens (primary N) is 1. The van der Waals surface area contributed by atoms with Gasteiger partial charge in [0.1, 0.15) is 0 Å². The Kier molecular flexibility index (Phi) is 4.03. The highest BCUT2D eigenvalue weighted by atomic mass is 79.9. The van der Waals surface area contributed by atoms with E-state index in [1.165, 1.54) is 12.8 Å². The molecule has 0 atom stereocenters. The van der Waals surface area contributed by atoms with E-state index in [0.717, 1.165) is 32.2 Å². The molecule has 3 rings (SSSR count). The molecule has 5 nitrogen and oxygen atoms in total. The molecule has 0 aromatic heterocycles. The van der Waals surface area contributed by atoms with Gasteiger partial charge < -0.3 is 15.8 Å². The van der Waals surface area contributed by atoms with Crippen LogP contribution in [0, 0.1) is 5.82 Å². The minimum atomic E-state index is -0.362. The smallest absolute Gasteiger partial charge is 0.171 e. The molecule has 0 radical (unpaired) electrons. The molecule has 2 fully saturated rings. The van der Waals surface area contributed by atoms with Crippen LogP contribution < -0.4 is 10.6 Å². The van der Waals surface area contributed by atoms with E-state index in [1.807, 2.05) is 0 Å². The van der Waals surface area contributed by atoms with Crippen molar-refractivity contribution in [1.29, 1.82) is 0 Å². The molecule has 1 aliphatic heterocycles. The van der Waals surface area contributed by atoms with E-state index in [-0.39, 0.29) is 16.1 Å². The van der Waals surface area contributed by atoms with Crippen molar-refractivity contribution in [1.82, 2.24) is 4.90 Å². The van der Waals surface area contributed by atoms with E-state index in [2.05, 4.69) is 30.9 Å². The Morgan fingerprint density at radius 2 is 1.95 bits per heavy atom. The lowest BCUT2D eigenvalue weighted by molar-refractivity contribution is 0.247. The van der Waals surface area contributed by atoms with Crippen molar-refractivity contribution in [3.05, 3.63) is 28.0 Å². The van der Waals surface area contributed by atoms with Crippen molar-refractivity contribution in [3.8, 4) is 0 Å².